The molecule has 1 aliphatic heterocycles. The Kier molecular flexibility index (Phi) is 3.83. The lowest BCUT2D eigenvalue weighted by molar-refractivity contribution is 0.0746. The second kappa shape index (κ2) is 6.28. The van der Waals surface area contributed by atoms with Crippen LogP contribution in [0.5, 0.6) is 0 Å². The summed E-state index contributed by atoms with van der Waals surface area (Å²) in [6, 6.07) is 17.5. The lowest BCUT2D eigenvalue weighted by atomic mass is 10.1. The molecule has 1 fully saturated rings. The molecule has 0 unspecified atom stereocenters. The topological polar surface area (TPSA) is 49.3 Å². The standard InChI is InChI=1S/C19H18N4O/c24-19(15-6-2-1-3-7-15)23-12-10-22(11-13-23)18-16-8-4-5-9-17(16)20-14-21-18/h1-9,14H,10-13H2. The fourth-order valence-corrected chi connectivity index (χ4v) is 3.13. The highest BCUT2D eigenvalue weighted by atomic mass is 16.2. The molecule has 0 saturated carbocycles. The first-order valence-electron chi connectivity index (χ1n) is 8.12. The summed E-state index contributed by atoms with van der Waals surface area (Å²) in [5.41, 5.74) is 1.70. The zero-order valence-corrected chi connectivity index (χ0v) is 13.3. The third-order valence-electron chi connectivity index (χ3n) is 4.41. The maximum atomic E-state index is 12.5. The average molecular weight is 318 g/mol. The third-order valence-corrected chi connectivity index (χ3v) is 4.41. The summed E-state index contributed by atoms with van der Waals surface area (Å²) in [6.07, 6.45) is 1.61. The predicted molar refractivity (Wildman–Crippen MR) is 94.1 cm³/mol. The molecule has 1 aliphatic rings. The minimum absolute atomic E-state index is 0.0998. The van der Waals surface area contributed by atoms with Gasteiger partial charge in [-0.15, -0.1) is 0 Å². The van der Waals surface area contributed by atoms with E-state index in [4.69, 9.17) is 0 Å². The van der Waals surface area contributed by atoms with Gasteiger partial charge in [0, 0.05) is 37.1 Å². The quantitative estimate of drug-likeness (QED) is 0.729. The number of carbonyl (C=O) groups excluding carboxylic acids is 1. The number of rotatable bonds is 2. The van der Waals surface area contributed by atoms with Crippen LogP contribution in [0.15, 0.2) is 60.9 Å². The van der Waals surface area contributed by atoms with Crippen molar-refractivity contribution in [2.24, 2.45) is 0 Å². The first-order valence-corrected chi connectivity index (χ1v) is 8.12. The number of carbonyl (C=O) groups is 1. The van der Waals surface area contributed by atoms with Crippen LogP contribution in [0.2, 0.25) is 0 Å². The smallest absolute Gasteiger partial charge is 0.253 e. The van der Waals surface area contributed by atoms with Crippen LogP contribution in [0.3, 0.4) is 0 Å². The van der Waals surface area contributed by atoms with E-state index in [0.717, 1.165) is 35.4 Å². The predicted octanol–water partition coefficient (Wildman–Crippen LogP) is 2.59. The number of aromatic nitrogens is 2. The minimum Gasteiger partial charge on any atom is -0.352 e. The van der Waals surface area contributed by atoms with E-state index in [1.54, 1.807) is 6.33 Å². The molecule has 1 amide bonds. The number of hydrogen-bond acceptors (Lipinski definition) is 4. The molecule has 0 N–H and O–H groups in total. The Bertz CT molecular complexity index is 852. The number of piperazine rings is 1. The van der Waals surface area contributed by atoms with Crippen LogP contribution in [0.25, 0.3) is 10.9 Å². The summed E-state index contributed by atoms with van der Waals surface area (Å²) in [5, 5.41) is 1.06. The summed E-state index contributed by atoms with van der Waals surface area (Å²) in [7, 11) is 0. The van der Waals surface area contributed by atoms with Crippen molar-refractivity contribution in [1.82, 2.24) is 14.9 Å². The van der Waals surface area contributed by atoms with Gasteiger partial charge in [0.2, 0.25) is 0 Å². The van der Waals surface area contributed by atoms with Crippen LogP contribution in [-0.2, 0) is 0 Å². The molecule has 0 aliphatic carbocycles. The normalized spacial score (nSPS) is 14.8. The molecule has 0 bridgehead atoms. The fraction of sp³-hybridized carbons (Fsp3) is 0.211. The first-order chi connectivity index (χ1) is 11.8. The van der Waals surface area contributed by atoms with Gasteiger partial charge in [0.1, 0.15) is 12.1 Å². The average Bonchev–Trinajstić information content (AvgIpc) is 2.68. The van der Waals surface area contributed by atoms with Crippen molar-refractivity contribution < 1.29 is 4.79 Å². The van der Waals surface area contributed by atoms with E-state index in [2.05, 4.69) is 14.9 Å². The summed E-state index contributed by atoms with van der Waals surface area (Å²) in [5.74, 6) is 1.05. The van der Waals surface area contributed by atoms with Crippen LogP contribution in [-0.4, -0.2) is 47.0 Å². The van der Waals surface area contributed by atoms with Crippen molar-refractivity contribution in [3.05, 3.63) is 66.5 Å². The number of hydrogen-bond donors (Lipinski definition) is 0. The van der Waals surface area contributed by atoms with Crippen LogP contribution in [0.4, 0.5) is 5.82 Å². The van der Waals surface area contributed by atoms with Crippen LogP contribution < -0.4 is 4.90 Å². The number of para-hydroxylation sites is 1. The molecule has 2 heterocycles. The molecule has 4 rings (SSSR count). The van der Waals surface area contributed by atoms with Gasteiger partial charge >= 0.3 is 0 Å². The first kappa shape index (κ1) is 14.6. The SMILES string of the molecule is O=C(c1ccccc1)N1CCN(c2ncnc3ccccc23)CC1. The van der Waals surface area contributed by atoms with Gasteiger partial charge in [-0.2, -0.15) is 0 Å². The molecule has 0 atom stereocenters. The second-order valence-corrected chi connectivity index (χ2v) is 5.86. The van der Waals surface area contributed by atoms with Crippen molar-refractivity contribution in [2.45, 2.75) is 0 Å². The van der Waals surface area contributed by atoms with E-state index in [9.17, 15) is 4.79 Å². The lowest BCUT2D eigenvalue weighted by Crippen LogP contribution is -2.49. The highest BCUT2D eigenvalue weighted by molar-refractivity contribution is 5.94. The van der Waals surface area contributed by atoms with Gasteiger partial charge in [0.25, 0.3) is 5.91 Å². The van der Waals surface area contributed by atoms with Crippen LogP contribution in [0.1, 0.15) is 10.4 Å². The Hall–Kier alpha value is -2.95. The molecular weight excluding hydrogens is 300 g/mol. The molecule has 120 valence electrons. The minimum atomic E-state index is 0.0998. The van der Waals surface area contributed by atoms with E-state index in [1.165, 1.54) is 0 Å². The van der Waals surface area contributed by atoms with Crippen LogP contribution in [0, 0.1) is 0 Å². The fourth-order valence-electron chi connectivity index (χ4n) is 3.13. The number of anilines is 1. The Labute approximate surface area is 140 Å². The van der Waals surface area contributed by atoms with E-state index in [-0.39, 0.29) is 5.91 Å². The molecule has 1 aromatic heterocycles. The van der Waals surface area contributed by atoms with Crippen molar-refractivity contribution in [2.75, 3.05) is 31.1 Å². The van der Waals surface area contributed by atoms with Crippen LogP contribution >= 0.6 is 0 Å². The van der Waals surface area contributed by atoms with Crippen molar-refractivity contribution in [1.29, 1.82) is 0 Å². The Balaban J connectivity index is 1.51. The number of fused-ring (bicyclic) bond motifs is 1. The van der Waals surface area contributed by atoms with Gasteiger partial charge in [-0.1, -0.05) is 30.3 Å². The summed E-state index contributed by atoms with van der Waals surface area (Å²) in [6.45, 7) is 2.96. The van der Waals surface area contributed by atoms with Gasteiger partial charge in [-0.25, -0.2) is 9.97 Å². The van der Waals surface area contributed by atoms with Gasteiger partial charge in [-0.3, -0.25) is 4.79 Å². The Morgan fingerprint density at radius 2 is 1.54 bits per heavy atom. The van der Waals surface area contributed by atoms with Gasteiger partial charge < -0.3 is 9.80 Å². The van der Waals surface area contributed by atoms with Gasteiger partial charge in [-0.05, 0) is 24.3 Å². The van der Waals surface area contributed by atoms with Crippen molar-refractivity contribution in [3.63, 3.8) is 0 Å². The Morgan fingerprint density at radius 3 is 2.33 bits per heavy atom. The number of benzene rings is 2. The molecule has 1 saturated heterocycles. The van der Waals surface area contributed by atoms with E-state index >= 15 is 0 Å². The number of nitrogens with zero attached hydrogens (tertiary/aromatic N) is 4. The van der Waals surface area contributed by atoms with E-state index in [1.807, 2.05) is 59.5 Å². The monoisotopic (exact) mass is 318 g/mol. The summed E-state index contributed by atoms with van der Waals surface area (Å²) in [4.78, 5) is 25.5. The van der Waals surface area contributed by atoms with Crippen molar-refractivity contribution in [3.8, 4) is 0 Å². The highest BCUT2D eigenvalue weighted by Gasteiger charge is 2.23. The molecule has 24 heavy (non-hydrogen) atoms. The third kappa shape index (κ3) is 2.69. The Morgan fingerprint density at radius 1 is 0.833 bits per heavy atom. The van der Waals surface area contributed by atoms with Crippen molar-refractivity contribution >= 4 is 22.6 Å². The lowest BCUT2D eigenvalue weighted by Gasteiger charge is -2.35. The second-order valence-electron chi connectivity index (χ2n) is 5.86. The molecule has 3 aromatic rings. The zero-order valence-electron chi connectivity index (χ0n) is 13.3. The largest absolute Gasteiger partial charge is 0.352 e. The maximum absolute atomic E-state index is 12.5. The highest BCUT2D eigenvalue weighted by Crippen LogP contribution is 2.23. The maximum Gasteiger partial charge on any atom is 0.253 e. The summed E-state index contributed by atoms with van der Waals surface area (Å²) < 4.78 is 0. The molecule has 5 nitrogen and oxygen atoms in total. The molecule has 5 heteroatoms. The summed E-state index contributed by atoms with van der Waals surface area (Å²) >= 11 is 0. The van der Waals surface area contributed by atoms with Gasteiger partial charge in [0.05, 0.1) is 5.52 Å². The van der Waals surface area contributed by atoms with E-state index < -0.39 is 0 Å². The molecule has 0 spiro atoms. The number of amides is 1. The molecular formula is C19H18N4O. The van der Waals surface area contributed by atoms with Gasteiger partial charge in [0.15, 0.2) is 0 Å². The molecule has 2 aromatic carbocycles. The molecule has 0 radical (unpaired) electrons. The van der Waals surface area contributed by atoms with E-state index in [0.29, 0.717) is 13.1 Å². The zero-order chi connectivity index (χ0) is 16.4.